The molecule has 1 aromatic carbocycles. The third-order valence-electron chi connectivity index (χ3n) is 4.04. The van der Waals surface area contributed by atoms with Crippen LogP contribution in [0.5, 0.6) is 5.75 Å². The lowest BCUT2D eigenvalue weighted by atomic mass is 9.99. The zero-order chi connectivity index (χ0) is 17.8. The van der Waals surface area contributed by atoms with Gasteiger partial charge in [0.2, 0.25) is 0 Å². The Hall–Kier alpha value is -1.97. The highest BCUT2D eigenvalue weighted by Crippen LogP contribution is 2.37. The summed E-state index contributed by atoms with van der Waals surface area (Å²) in [6, 6.07) is 6.91. The van der Waals surface area contributed by atoms with Gasteiger partial charge >= 0.3 is 5.97 Å². The summed E-state index contributed by atoms with van der Waals surface area (Å²) >= 11 is 1.50. The molecule has 0 aliphatic carbocycles. The molecule has 0 atom stereocenters. The highest BCUT2D eigenvalue weighted by Gasteiger charge is 2.24. The standard InChI is InChI=1S/C17H19N3O4S.BrH/c18-16(23)14-15(25-17(20-14)11-5-7-19-8-6-11)10-1-3-12(4-2-10)24-9-13(21)22;/h1-4,11,19H,5-9H2,(H2,18,23)(H,21,22);1H. The van der Waals surface area contributed by atoms with Crippen LogP contribution in [0.1, 0.15) is 34.3 Å². The minimum absolute atomic E-state index is 0. The first-order valence-electron chi connectivity index (χ1n) is 8.01. The molecule has 1 aromatic heterocycles. The quantitative estimate of drug-likeness (QED) is 0.633. The highest BCUT2D eigenvalue weighted by molar-refractivity contribution is 8.93. The third-order valence-corrected chi connectivity index (χ3v) is 5.31. The van der Waals surface area contributed by atoms with Crippen LogP contribution < -0.4 is 15.8 Å². The summed E-state index contributed by atoms with van der Waals surface area (Å²) in [7, 11) is 0. The fraction of sp³-hybridized carbons (Fsp3) is 0.353. The second-order valence-corrected chi connectivity index (χ2v) is 6.86. The molecule has 9 heteroatoms. The van der Waals surface area contributed by atoms with Gasteiger partial charge in [0.15, 0.2) is 6.61 Å². The lowest BCUT2D eigenvalue weighted by Gasteiger charge is -2.20. The molecule has 4 N–H and O–H groups in total. The molecule has 140 valence electrons. The molecule has 0 saturated carbocycles. The van der Waals surface area contributed by atoms with Gasteiger partial charge in [0, 0.05) is 5.92 Å². The number of piperidine rings is 1. The van der Waals surface area contributed by atoms with Crippen LogP contribution in [0.2, 0.25) is 0 Å². The van der Waals surface area contributed by atoms with Gasteiger partial charge in [-0.25, -0.2) is 9.78 Å². The lowest BCUT2D eigenvalue weighted by molar-refractivity contribution is -0.139. The van der Waals surface area contributed by atoms with Crippen molar-refractivity contribution in [3.05, 3.63) is 35.0 Å². The van der Waals surface area contributed by atoms with Crippen molar-refractivity contribution < 1.29 is 19.4 Å². The Balaban J connectivity index is 0.00000243. The molecular formula is C17H20BrN3O4S. The van der Waals surface area contributed by atoms with E-state index in [1.165, 1.54) is 11.3 Å². The molecule has 0 bridgehead atoms. The summed E-state index contributed by atoms with van der Waals surface area (Å²) in [4.78, 5) is 27.6. The van der Waals surface area contributed by atoms with Gasteiger partial charge in [-0.15, -0.1) is 28.3 Å². The molecule has 1 saturated heterocycles. The summed E-state index contributed by atoms with van der Waals surface area (Å²) in [5, 5.41) is 12.9. The van der Waals surface area contributed by atoms with Gasteiger partial charge in [-0.3, -0.25) is 4.79 Å². The average molecular weight is 442 g/mol. The maximum Gasteiger partial charge on any atom is 0.341 e. The van der Waals surface area contributed by atoms with E-state index in [1.807, 2.05) is 0 Å². The number of aliphatic carboxylic acids is 1. The van der Waals surface area contributed by atoms with Gasteiger partial charge in [-0.1, -0.05) is 0 Å². The van der Waals surface area contributed by atoms with Crippen molar-refractivity contribution in [2.75, 3.05) is 19.7 Å². The topological polar surface area (TPSA) is 115 Å². The Morgan fingerprint density at radius 1 is 1.27 bits per heavy atom. The van der Waals surface area contributed by atoms with Crippen molar-refractivity contribution in [1.29, 1.82) is 0 Å². The van der Waals surface area contributed by atoms with Gasteiger partial charge in [-0.2, -0.15) is 0 Å². The predicted molar refractivity (Wildman–Crippen MR) is 104 cm³/mol. The van der Waals surface area contributed by atoms with Crippen LogP contribution in [-0.4, -0.2) is 41.7 Å². The monoisotopic (exact) mass is 441 g/mol. The van der Waals surface area contributed by atoms with E-state index in [0.29, 0.717) is 11.7 Å². The molecule has 26 heavy (non-hydrogen) atoms. The third kappa shape index (κ3) is 4.80. The summed E-state index contributed by atoms with van der Waals surface area (Å²) < 4.78 is 5.13. The van der Waals surface area contributed by atoms with Crippen molar-refractivity contribution >= 4 is 40.2 Å². The zero-order valence-electron chi connectivity index (χ0n) is 13.9. The Morgan fingerprint density at radius 2 is 1.92 bits per heavy atom. The van der Waals surface area contributed by atoms with Crippen LogP contribution in [0.15, 0.2) is 24.3 Å². The molecule has 2 heterocycles. The number of thiazole rings is 1. The normalized spacial score (nSPS) is 14.5. The molecule has 1 fully saturated rings. The number of carboxylic acids is 1. The van der Waals surface area contributed by atoms with Crippen LogP contribution in [0.25, 0.3) is 10.4 Å². The number of carbonyl (C=O) groups excluding carboxylic acids is 1. The smallest absolute Gasteiger partial charge is 0.341 e. The summed E-state index contributed by atoms with van der Waals surface area (Å²) in [5.41, 5.74) is 6.61. The predicted octanol–water partition coefficient (Wildman–Crippen LogP) is 2.42. The Bertz CT molecular complexity index is 773. The summed E-state index contributed by atoms with van der Waals surface area (Å²) in [6.45, 7) is 1.49. The summed E-state index contributed by atoms with van der Waals surface area (Å²) in [6.07, 6.45) is 1.99. The number of carboxylic acid groups (broad SMARTS) is 1. The fourth-order valence-electron chi connectivity index (χ4n) is 2.79. The molecule has 1 aliphatic heterocycles. The van der Waals surface area contributed by atoms with Gasteiger partial charge < -0.3 is 20.9 Å². The van der Waals surface area contributed by atoms with Crippen LogP contribution in [0, 0.1) is 0 Å². The number of hydrogen-bond donors (Lipinski definition) is 3. The molecule has 3 rings (SSSR count). The fourth-order valence-corrected chi connectivity index (χ4v) is 4.04. The average Bonchev–Trinajstić information content (AvgIpc) is 3.07. The van der Waals surface area contributed by atoms with E-state index in [0.717, 1.165) is 41.4 Å². The van der Waals surface area contributed by atoms with Crippen molar-refractivity contribution in [2.24, 2.45) is 5.73 Å². The lowest BCUT2D eigenvalue weighted by Crippen LogP contribution is -2.26. The van der Waals surface area contributed by atoms with Crippen molar-refractivity contribution in [1.82, 2.24) is 10.3 Å². The maximum atomic E-state index is 11.8. The van der Waals surface area contributed by atoms with Gasteiger partial charge in [-0.05, 0) is 55.8 Å². The first kappa shape index (κ1) is 20.3. The minimum atomic E-state index is -1.03. The van der Waals surface area contributed by atoms with E-state index in [2.05, 4.69) is 10.3 Å². The maximum absolute atomic E-state index is 11.8. The largest absolute Gasteiger partial charge is 0.482 e. The zero-order valence-corrected chi connectivity index (χ0v) is 16.5. The number of nitrogens with one attached hydrogen (secondary N) is 1. The number of nitrogens with two attached hydrogens (primary N) is 1. The van der Waals surface area contributed by atoms with Gasteiger partial charge in [0.25, 0.3) is 5.91 Å². The number of benzene rings is 1. The molecule has 0 unspecified atom stereocenters. The molecule has 0 spiro atoms. The number of primary amides is 1. The van der Waals surface area contributed by atoms with Crippen molar-refractivity contribution in [3.8, 4) is 16.2 Å². The number of carbonyl (C=O) groups is 2. The molecule has 1 aliphatic rings. The van der Waals surface area contributed by atoms with E-state index in [-0.39, 0.29) is 22.7 Å². The second kappa shape index (κ2) is 9.11. The number of amides is 1. The van der Waals surface area contributed by atoms with Crippen LogP contribution in [-0.2, 0) is 4.79 Å². The van der Waals surface area contributed by atoms with E-state index < -0.39 is 18.5 Å². The van der Waals surface area contributed by atoms with E-state index >= 15 is 0 Å². The summed E-state index contributed by atoms with van der Waals surface area (Å²) in [5.74, 6) is -0.780. The second-order valence-electron chi connectivity index (χ2n) is 5.83. The molecule has 0 radical (unpaired) electrons. The number of nitrogens with zero attached hydrogens (tertiary/aromatic N) is 1. The SMILES string of the molecule is Br.NC(=O)c1nc(C2CCNCC2)sc1-c1ccc(OCC(=O)O)cc1. The Morgan fingerprint density at radius 3 is 2.50 bits per heavy atom. The number of aromatic nitrogens is 1. The van der Waals surface area contributed by atoms with Crippen molar-refractivity contribution in [2.45, 2.75) is 18.8 Å². The van der Waals surface area contributed by atoms with Gasteiger partial charge in [0.1, 0.15) is 11.4 Å². The molecule has 1 amide bonds. The van der Waals surface area contributed by atoms with Crippen molar-refractivity contribution in [3.63, 3.8) is 0 Å². The van der Waals surface area contributed by atoms with E-state index in [9.17, 15) is 9.59 Å². The Kier molecular flexibility index (Phi) is 7.13. The molecule has 2 aromatic rings. The van der Waals surface area contributed by atoms with E-state index in [4.69, 9.17) is 15.6 Å². The first-order valence-corrected chi connectivity index (χ1v) is 8.82. The van der Waals surface area contributed by atoms with Gasteiger partial charge in [0.05, 0.1) is 9.88 Å². The van der Waals surface area contributed by atoms with Crippen LogP contribution in [0.3, 0.4) is 0 Å². The molecule has 7 nitrogen and oxygen atoms in total. The Labute approximate surface area is 165 Å². The number of halogens is 1. The van der Waals surface area contributed by atoms with Crippen LogP contribution >= 0.6 is 28.3 Å². The van der Waals surface area contributed by atoms with E-state index in [1.54, 1.807) is 24.3 Å². The minimum Gasteiger partial charge on any atom is -0.482 e. The number of hydrogen-bond acceptors (Lipinski definition) is 6. The van der Waals surface area contributed by atoms with Crippen LogP contribution in [0.4, 0.5) is 0 Å². The molecular weight excluding hydrogens is 422 g/mol. The highest BCUT2D eigenvalue weighted by atomic mass is 79.9. The first-order chi connectivity index (χ1) is 12.0. The number of rotatable bonds is 6. The number of ether oxygens (including phenoxy) is 1.